The van der Waals surface area contributed by atoms with Crippen LogP contribution in [0.2, 0.25) is 0 Å². The molecule has 32 heavy (non-hydrogen) atoms. The third-order valence-corrected chi connectivity index (χ3v) is 5.33. The van der Waals surface area contributed by atoms with Gasteiger partial charge in [0, 0.05) is 23.8 Å². The molecular weight excluding hydrogens is 445 g/mol. The van der Waals surface area contributed by atoms with Crippen LogP contribution in [-0.4, -0.2) is 105 Å². The molecule has 2 unspecified atom stereocenters. The normalized spacial score (nSPS) is 39.6. The van der Waals surface area contributed by atoms with Crippen molar-refractivity contribution in [3.8, 4) is 0 Å². The molecule has 3 aliphatic rings. The number of aliphatic imine (C=N–C) groups is 1. The van der Waals surface area contributed by atoms with Crippen molar-refractivity contribution in [3.05, 3.63) is 10.4 Å². The van der Waals surface area contributed by atoms with Crippen LogP contribution in [0.15, 0.2) is 10.1 Å². The van der Waals surface area contributed by atoms with Crippen molar-refractivity contribution in [3.63, 3.8) is 0 Å². The number of carbonyl (C=O) groups is 2. The summed E-state index contributed by atoms with van der Waals surface area (Å²) in [5.74, 6) is -2.63. The molecule has 16 heteroatoms. The molecule has 9 atom stereocenters. The Morgan fingerprint density at radius 1 is 1.34 bits per heavy atom. The third-order valence-electron chi connectivity index (χ3n) is 5.33. The number of hydrogen-bond acceptors (Lipinski definition) is 10. The Hall–Kier alpha value is -1.52. The molecule has 0 aromatic heterocycles. The number of aliphatic carboxylic acids is 1. The van der Waals surface area contributed by atoms with E-state index in [1.807, 2.05) is 0 Å². The Morgan fingerprint density at radius 3 is 2.66 bits per heavy atom. The summed E-state index contributed by atoms with van der Waals surface area (Å²) in [5.41, 5.74) is 8.82. The largest absolute Gasteiger partial charge is 1.00 e. The Labute approximate surface area is 203 Å². The summed E-state index contributed by atoms with van der Waals surface area (Å²) >= 11 is 0. The molecule has 0 spiro atoms. The standard InChI is InChI=1S/C16H23N5O10.Na/c1-5-3-21(16(28)18-13(5)25)8-2-6(19-20-17)7(30-8)4-29-15-11(24)9(22)10(23)12(31-15)14(26)27;/h5-12,15,22-24H,2-4H2,1H3,(H,26,27)(H,18,25,28);/q;+1/p-1/t5?,6-,7-,8-,9+,10+,11+,12?,15-;/m1./s1. The number of nitrogens with zero attached hydrogens (tertiary/aromatic N) is 5. The number of carbonyl (C=O) groups excluding carboxylic acids is 1. The fourth-order valence-electron chi connectivity index (χ4n) is 3.59. The third kappa shape index (κ3) is 5.51. The van der Waals surface area contributed by atoms with Crippen molar-refractivity contribution in [2.24, 2.45) is 16.0 Å². The number of ether oxygens (including phenoxy) is 3. The van der Waals surface area contributed by atoms with Crippen molar-refractivity contribution < 1.29 is 78.9 Å². The van der Waals surface area contributed by atoms with Gasteiger partial charge in [-0.3, -0.25) is 4.90 Å². The van der Waals surface area contributed by atoms with E-state index in [0.717, 1.165) is 0 Å². The average Bonchev–Trinajstić information content (AvgIpc) is 3.11. The quantitative estimate of drug-likeness (QED) is 0.125. The van der Waals surface area contributed by atoms with Gasteiger partial charge >= 0.3 is 41.6 Å². The zero-order valence-electron chi connectivity index (χ0n) is 17.3. The molecule has 2 saturated heterocycles. The molecule has 0 aromatic rings. The minimum atomic E-state index is -1.87. The molecule has 0 saturated carbocycles. The Balaban J connectivity index is 0.00000363. The number of urea groups is 1. The molecule has 0 radical (unpaired) electrons. The van der Waals surface area contributed by atoms with Gasteiger partial charge in [0.05, 0.1) is 18.8 Å². The topological polar surface area (TPSA) is 230 Å². The van der Waals surface area contributed by atoms with Gasteiger partial charge in [-0.15, -0.1) is 0 Å². The summed E-state index contributed by atoms with van der Waals surface area (Å²) in [4.78, 5) is 30.7. The van der Waals surface area contributed by atoms with E-state index in [1.54, 1.807) is 6.92 Å². The second-order valence-corrected chi connectivity index (χ2v) is 7.49. The van der Waals surface area contributed by atoms with E-state index in [2.05, 4.69) is 15.0 Å². The van der Waals surface area contributed by atoms with Crippen LogP contribution in [0.3, 0.4) is 0 Å². The van der Waals surface area contributed by atoms with Gasteiger partial charge in [0.2, 0.25) is 0 Å². The molecular formula is C16H22N5NaO10. The van der Waals surface area contributed by atoms with Gasteiger partial charge in [-0.1, -0.05) is 12.0 Å². The van der Waals surface area contributed by atoms with Crippen LogP contribution >= 0.6 is 0 Å². The molecule has 0 aromatic carbocycles. The van der Waals surface area contributed by atoms with Crippen molar-refractivity contribution in [1.29, 1.82) is 0 Å². The fourth-order valence-corrected chi connectivity index (χ4v) is 3.59. The molecule has 172 valence electrons. The first kappa shape index (κ1) is 26.7. The SMILES string of the molecule is CC1CN([C@H]2C[C@@H](N=[N+]=[N-])[C@@H](CO[C@@H]3OC(C(=O)O)[C@@H](O)[C@H](O)[C@@H]3O)O2)C(=O)N=C1[O-].[Na+]. The van der Waals surface area contributed by atoms with Crippen LogP contribution in [0.25, 0.3) is 10.4 Å². The monoisotopic (exact) mass is 467 g/mol. The number of aliphatic hydroxyl groups excluding tert-OH is 3. The van der Waals surface area contributed by atoms with Gasteiger partial charge in [-0.25, -0.2) is 14.6 Å². The van der Waals surface area contributed by atoms with Gasteiger partial charge in [-0.2, -0.15) is 0 Å². The number of aliphatic hydroxyl groups is 3. The Bertz CT molecular complexity index is 795. The van der Waals surface area contributed by atoms with Crippen LogP contribution in [0, 0.1) is 5.92 Å². The van der Waals surface area contributed by atoms with Gasteiger partial charge in [-0.05, 0) is 11.4 Å². The molecule has 0 aliphatic carbocycles. The summed E-state index contributed by atoms with van der Waals surface area (Å²) in [6.07, 6.45) is -10.6. The molecule has 15 nitrogen and oxygen atoms in total. The second kappa shape index (κ2) is 11.1. The minimum absolute atomic E-state index is 0. The molecule has 2 amide bonds. The number of hydrogen-bond donors (Lipinski definition) is 4. The van der Waals surface area contributed by atoms with Crippen molar-refractivity contribution >= 4 is 17.9 Å². The average molecular weight is 467 g/mol. The first-order valence-corrected chi connectivity index (χ1v) is 9.44. The van der Waals surface area contributed by atoms with Crippen molar-refractivity contribution in [2.75, 3.05) is 13.2 Å². The number of azide groups is 1. The minimum Gasteiger partial charge on any atom is -0.861 e. The van der Waals surface area contributed by atoms with Crippen molar-refractivity contribution in [2.45, 2.75) is 62.4 Å². The fraction of sp³-hybridized carbons (Fsp3) is 0.812. The van der Waals surface area contributed by atoms with Gasteiger partial charge in [0.1, 0.15) is 24.5 Å². The van der Waals surface area contributed by atoms with Crippen LogP contribution in [0.1, 0.15) is 13.3 Å². The molecule has 3 aliphatic heterocycles. The summed E-state index contributed by atoms with van der Waals surface area (Å²) in [6.45, 7) is 1.31. The van der Waals surface area contributed by atoms with E-state index in [-0.39, 0.29) is 49.1 Å². The van der Waals surface area contributed by atoms with Gasteiger partial charge in [0.15, 0.2) is 12.4 Å². The van der Waals surface area contributed by atoms with Gasteiger partial charge in [0.25, 0.3) is 0 Å². The van der Waals surface area contributed by atoms with E-state index in [0.29, 0.717) is 0 Å². The van der Waals surface area contributed by atoms with E-state index in [4.69, 9.17) is 24.8 Å². The number of amides is 2. The summed E-state index contributed by atoms with van der Waals surface area (Å²) < 4.78 is 16.1. The number of carboxylic acid groups (broad SMARTS) is 1. The van der Waals surface area contributed by atoms with Crippen LogP contribution in [0.4, 0.5) is 4.79 Å². The Kier molecular flexibility index (Phi) is 9.25. The maximum Gasteiger partial charge on any atom is 1.00 e. The zero-order chi connectivity index (χ0) is 22.9. The summed E-state index contributed by atoms with van der Waals surface area (Å²) in [6, 6.07) is -1.57. The van der Waals surface area contributed by atoms with E-state index in [9.17, 15) is 30.0 Å². The summed E-state index contributed by atoms with van der Waals surface area (Å²) in [7, 11) is 0. The first-order chi connectivity index (χ1) is 14.6. The zero-order valence-corrected chi connectivity index (χ0v) is 19.3. The first-order valence-electron chi connectivity index (χ1n) is 9.44. The molecule has 0 bridgehead atoms. The smallest absolute Gasteiger partial charge is 0.861 e. The molecule has 3 heterocycles. The van der Waals surface area contributed by atoms with Crippen molar-refractivity contribution in [1.82, 2.24) is 4.90 Å². The predicted molar refractivity (Wildman–Crippen MR) is 95.2 cm³/mol. The molecule has 2 fully saturated rings. The van der Waals surface area contributed by atoms with Crippen LogP contribution in [-0.2, 0) is 19.0 Å². The van der Waals surface area contributed by atoms with Gasteiger partial charge < -0.3 is 39.7 Å². The maximum absolute atomic E-state index is 12.1. The maximum atomic E-state index is 12.1. The Morgan fingerprint density at radius 2 is 2.03 bits per heavy atom. The number of rotatable bonds is 6. The number of carboxylic acids is 1. The second-order valence-electron chi connectivity index (χ2n) is 7.49. The van der Waals surface area contributed by atoms with E-state index < -0.39 is 72.9 Å². The van der Waals surface area contributed by atoms with Crippen LogP contribution in [0.5, 0.6) is 0 Å². The van der Waals surface area contributed by atoms with E-state index >= 15 is 0 Å². The molecule has 3 rings (SSSR count). The molecule has 4 N–H and O–H groups in total. The summed E-state index contributed by atoms with van der Waals surface area (Å²) in [5, 5.41) is 53.8. The predicted octanol–water partition coefficient (Wildman–Crippen LogP) is -5.48. The van der Waals surface area contributed by atoms with Crippen LogP contribution < -0.4 is 34.7 Å². The van der Waals surface area contributed by atoms with E-state index in [1.165, 1.54) is 4.90 Å².